The van der Waals surface area contributed by atoms with Gasteiger partial charge in [-0.2, -0.15) is 0 Å². The summed E-state index contributed by atoms with van der Waals surface area (Å²) in [5, 5.41) is 24.4. The Labute approximate surface area is 348 Å². The highest BCUT2D eigenvalue weighted by atomic mass is 32.1. The Balaban J connectivity index is 1.44. The van der Waals surface area contributed by atoms with Gasteiger partial charge in [-0.15, -0.1) is 11.3 Å². The maximum absolute atomic E-state index is 14.0. The predicted molar refractivity (Wildman–Crippen MR) is 225 cm³/mol. The van der Waals surface area contributed by atoms with Crippen molar-refractivity contribution in [3.05, 3.63) is 58.3 Å². The summed E-state index contributed by atoms with van der Waals surface area (Å²) in [4.78, 5) is 63.2. The van der Waals surface area contributed by atoms with Crippen LogP contribution in [0.15, 0.2) is 47.8 Å². The first-order chi connectivity index (χ1) is 27.8. The van der Waals surface area contributed by atoms with Crippen LogP contribution in [0, 0.1) is 11.8 Å². The number of nitrogens with zero attached hydrogens (tertiary/aromatic N) is 5. The smallest absolute Gasteiger partial charge is 0.317 e. The highest BCUT2D eigenvalue weighted by Crippen LogP contribution is 2.15. The molecule has 17 heteroatoms. The van der Waals surface area contributed by atoms with E-state index in [2.05, 4.69) is 31.2 Å². The van der Waals surface area contributed by atoms with Gasteiger partial charge >= 0.3 is 12.1 Å². The summed E-state index contributed by atoms with van der Waals surface area (Å²) in [7, 11) is 3.43. The van der Waals surface area contributed by atoms with E-state index in [1.165, 1.54) is 11.3 Å². The molecule has 2 aliphatic rings. The van der Waals surface area contributed by atoms with Crippen molar-refractivity contribution < 1.29 is 33.8 Å². The maximum atomic E-state index is 14.0. The number of hydrogen-bond donors (Lipinski definition) is 5. The number of hydrazine groups is 1. The number of hydrogen-bond acceptors (Lipinski definition) is 11. The molecule has 1 aromatic carbocycles. The molecule has 16 nitrogen and oxygen atoms in total. The number of rotatable bonds is 21. The van der Waals surface area contributed by atoms with Crippen molar-refractivity contribution in [3.63, 3.8) is 0 Å². The molecule has 324 valence electrons. The number of benzene rings is 1. The molecule has 0 bridgehead atoms. The molecule has 2 saturated heterocycles. The van der Waals surface area contributed by atoms with Crippen LogP contribution in [0.5, 0.6) is 0 Å². The minimum absolute atomic E-state index is 0.0391. The minimum atomic E-state index is -1.15. The summed E-state index contributed by atoms with van der Waals surface area (Å²) in [6, 6.07) is 10.2. The van der Waals surface area contributed by atoms with Crippen LogP contribution in [0.25, 0.3) is 0 Å². The van der Waals surface area contributed by atoms with Gasteiger partial charge in [-0.05, 0) is 35.3 Å². The van der Waals surface area contributed by atoms with Gasteiger partial charge in [-0.1, -0.05) is 64.1 Å². The summed E-state index contributed by atoms with van der Waals surface area (Å²) in [6.45, 7) is 16.1. The standard InChI is InChI=1S/C41H67N9O7S/c1-30(2)36(43-40(54)46(5)14-16-48-18-22-56-23-19-48)38(52)42-34(27-32-11-8-7-9-12-32)35(51)29-50(28-33-13-10-26-58-33)45-39(53)37(31(3)4)44-41(55)47(6)15-17-49-20-24-57-25-21-49/h7-13,26,30-31,34-37,51H,14-25,27-29H2,1-6H3,(H,42,52)(H,43,54)(H,44,55)(H,45,53)/t34-,35-,36-,37-/m0/s1. The van der Waals surface area contributed by atoms with Crippen LogP contribution in [-0.2, 0) is 32.0 Å². The van der Waals surface area contributed by atoms with E-state index in [1.54, 1.807) is 28.9 Å². The van der Waals surface area contributed by atoms with Gasteiger partial charge in [0.2, 0.25) is 5.91 Å². The van der Waals surface area contributed by atoms with Crippen LogP contribution >= 0.6 is 11.3 Å². The number of nitrogens with one attached hydrogen (secondary N) is 4. The van der Waals surface area contributed by atoms with Gasteiger partial charge in [-0.25, -0.2) is 14.6 Å². The number of ether oxygens (including phenoxy) is 2. The number of amides is 6. The van der Waals surface area contributed by atoms with E-state index in [1.807, 2.05) is 75.5 Å². The SMILES string of the molecule is CC(C)[C@H](NC(=O)N(C)CCN1CCOCC1)C(=O)N[C@@H](Cc1ccccc1)[C@@H](O)CN(Cc1cccs1)NC(=O)[C@@H](NC(=O)N(C)CCN1CCOCC1)C(C)C. The van der Waals surface area contributed by atoms with Gasteiger partial charge in [-0.3, -0.25) is 24.8 Å². The number of aliphatic hydroxyl groups is 1. The van der Waals surface area contributed by atoms with Crippen LogP contribution in [-0.4, -0.2) is 177 Å². The van der Waals surface area contributed by atoms with Crippen molar-refractivity contribution in [1.82, 2.24) is 46.0 Å². The van der Waals surface area contributed by atoms with Gasteiger partial charge in [0.25, 0.3) is 5.91 Å². The van der Waals surface area contributed by atoms with Crippen molar-refractivity contribution >= 4 is 35.2 Å². The first kappa shape index (κ1) is 46.8. The van der Waals surface area contributed by atoms with E-state index in [9.17, 15) is 24.3 Å². The first-order valence-electron chi connectivity index (χ1n) is 20.5. The number of morpholine rings is 2. The molecule has 2 fully saturated rings. The number of urea groups is 2. The van der Waals surface area contributed by atoms with E-state index in [4.69, 9.17) is 9.47 Å². The van der Waals surface area contributed by atoms with E-state index < -0.39 is 36.0 Å². The molecule has 0 saturated carbocycles. The molecule has 2 aliphatic heterocycles. The average Bonchev–Trinajstić information content (AvgIpc) is 3.73. The maximum Gasteiger partial charge on any atom is 0.317 e. The second-order valence-corrected chi connectivity index (χ2v) is 16.9. The van der Waals surface area contributed by atoms with Gasteiger partial charge in [0.1, 0.15) is 12.1 Å². The van der Waals surface area contributed by atoms with E-state index in [0.29, 0.717) is 59.0 Å². The molecular formula is C41H67N9O7S. The lowest BCUT2D eigenvalue weighted by molar-refractivity contribution is -0.131. The predicted octanol–water partition coefficient (Wildman–Crippen LogP) is 1.67. The van der Waals surface area contributed by atoms with Crippen molar-refractivity contribution in [3.8, 4) is 0 Å². The van der Waals surface area contributed by atoms with Crippen molar-refractivity contribution in [2.45, 2.75) is 64.9 Å². The third kappa shape index (κ3) is 15.7. The lowest BCUT2D eigenvalue weighted by Gasteiger charge is -2.34. The summed E-state index contributed by atoms with van der Waals surface area (Å²) < 4.78 is 10.9. The fourth-order valence-corrected chi connectivity index (χ4v) is 7.45. The summed E-state index contributed by atoms with van der Waals surface area (Å²) >= 11 is 1.51. The van der Waals surface area contributed by atoms with Crippen molar-refractivity contribution in [1.29, 1.82) is 0 Å². The van der Waals surface area contributed by atoms with Crippen LogP contribution in [0.3, 0.4) is 0 Å². The molecule has 2 aromatic rings. The lowest BCUT2D eigenvalue weighted by Crippen LogP contribution is -2.60. The molecule has 0 spiro atoms. The third-order valence-corrected chi connectivity index (χ3v) is 11.4. The Morgan fingerprint density at radius 1 is 0.741 bits per heavy atom. The molecule has 0 aliphatic carbocycles. The molecule has 1 aromatic heterocycles. The highest BCUT2D eigenvalue weighted by Gasteiger charge is 2.33. The molecule has 3 heterocycles. The topological polar surface area (TPSA) is 171 Å². The molecule has 5 N–H and O–H groups in total. The summed E-state index contributed by atoms with van der Waals surface area (Å²) in [5.41, 5.74) is 3.88. The quantitative estimate of drug-likeness (QED) is 0.117. The lowest BCUT2D eigenvalue weighted by atomic mass is 9.98. The zero-order chi connectivity index (χ0) is 42.0. The molecule has 0 unspecified atom stereocenters. The zero-order valence-corrected chi connectivity index (χ0v) is 36.0. The second-order valence-electron chi connectivity index (χ2n) is 15.9. The molecule has 58 heavy (non-hydrogen) atoms. The Morgan fingerprint density at radius 3 is 1.74 bits per heavy atom. The minimum Gasteiger partial charge on any atom is -0.390 e. The van der Waals surface area contributed by atoms with Crippen molar-refractivity contribution in [2.24, 2.45) is 11.8 Å². The van der Waals surface area contributed by atoms with Gasteiger partial charge in [0, 0.05) is 77.9 Å². The fourth-order valence-electron chi connectivity index (χ4n) is 6.73. The number of likely N-dealkylation sites (N-methyl/N-ethyl adjacent to an activating group) is 2. The van der Waals surface area contributed by atoms with Crippen LogP contribution in [0.4, 0.5) is 9.59 Å². The number of aliphatic hydroxyl groups excluding tert-OH is 1. The normalized spacial score (nSPS) is 17.3. The van der Waals surface area contributed by atoms with E-state index in [0.717, 1.165) is 36.6 Å². The summed E-state index contributed by atoms with van der Waals surface area (Å²) in [5.74, 6) is -1.32. The van der Waals surface area contributed by atoms with E-state index in [-0.39, 0.29) is 37.0 Å². The number of carbonyl (C=O) groups is 4. The highest BCUT2D eigenvalue weighted by molar-refractivity contribution is 7.09. The molecule has 4 rings (SSSR count). The molecule has 0 radical (unpaired) electrons. The van der Waals surface area contributed by atoms with Crippen LogP contribution < -0.4 is 21.4 Å². The Hall–Kier alpha value is -3.84. The number of carbonyl (C=O) groups excluding carboxylic acids is 4. The monoisotopic (exact) mass is 829 g/mol. The van der Waals surface area contributed by atoms with Gasteiger partial charge in [0.15, 0.2) is 0 Å². The second kappa shape index (κ2) is 24.3. The van der Waals surface area contributed by atoms with E-state index >= 15 is 0 Å². The van der Waals surface area contributed by atoms with Crippen LogP contribution in [0.2, 0.25) is 0 Å². The van der Waals surface area contributed by atoms with Crippen molar-refractivity contribution in [2.75, 3.05) is 99.4 Å². The summed E-state index contributed by atoms with van der Waals surface area (Å²) in [6.07, 6.45) is -0.851. The number of thiophene rings is 1. The fraction of sp³-hybridized carbons (Fsp3) is 0.659. The van der Waals surface area contributed by atoms with Crippen LogP contribution in [0.1, 0.15) is 38.1 Å². The first-order valence-corrected chi connectivity index (χ1v) is 21.4. The van der Waals surface area contributed by atoms with Gasteiger partial charge in [0.05, 0.1) is 45.1 Å². The Morgan fingerprint density at radius 2 is 1.26 bits per heavy atom. The van der Waals surface area contributed by atoms with Gasteiger partial charge < -0.3 is 40.3 Å². The Bertz CT molecular complexity index is 1520. The third-order valence-electron chi connectivity index (χ3n) is 10.6. The Kier molecular flexibility index (Phi) is 19.6. The average molecular weight is 830 g/mol. The zero-order valence-electron chi connectivity index (χ0n) is 35.2. The molecular weight excluding hydrogens is 763 g/mol. The largest absolute Gasteiger partial charge is 0.390 e. The molecule has 6 amide bonds. The molecule has 4 atom stereocenters.